The molecule has 1 saturated heterocycles. The highest BCUT2D eigenvalue weighted by atomic mass is 32.1. The van der Waals surface area contributed by atoms with Gasteiger partial charge in [0.2, 0.25) is 5.88 Å². The summed E-state index contributed by atoms with van der Waals surface area (Å²) in [5.74, 6) is 0.547. The Hall–Kier alpha value is -3.19. The van der Waals surface area contributed by atoms with Gasteiger partial charge in [-0.1, -0.05) is 12.2 Å². The number of alkyl halides is 3. The quantitative estimate of drug-likeness (QED) is 0.257. The number of hydrogen-bond acceptors (Lipinski definition) is 8. The Balaban J connectivity index is 1.19. The van der Waals surface area contributed by atoms with Crippen molar-refractivity contribution in [2.75, 3.05) is 44.8 Å². The Kier molecular flexibility index (Phi) is 8.87. The molecule has 0 atom stereocenters. The van der Waals surface area contributed by atoms with Gasteiger partial charge in [-0.3, -0.25) is 10.1 Å². The Morgan fingerprint density at radius 2 is 1.79 bits per heavy atom. The van der Waals surface area contributed by atoms with Gasteiger partial charge in [0.05, 0.1) is 42.7 Å². The summed E-state index contributed by atoms with van der Waals surface area (Å²) in [7, 11) is 1.58. The van der Waals surface area contributed by atoms with Crippen molar-refractivity contribution in [3.63, 3.8) is 0 Å². The molecule has 2 fully saturated rings. The molecule has 0 bridgehead atoms. The van der Waals surface area contributed by atoms with Crippen molar-refractivity contribution in [1.29, 1.82) is 0 Å². The van der Waals surface area contributed by atoms with Crippen LogP contribution in [0.1, 0.15) is 31.2 Å². The van der Waals surface area contributed by atoms with Crippen LogP contribution in [0.15, 0.2) is 36.5 Å². The highest BCUT2D eigenvalue weighted by molar-refractivity contribution is 7.80. The minimum atomic E-state index is -4.84. The minimum absolute atomic E-state index is 0.0120. The van der Waals surface area contributed by atoms with E-state index in [-0.39, 0.29) is 18.0 Å². The molecule has 1 saturated carbocycles. The number of hydrogen-bond donors (Lipinski definition) is 0. The Morgan fingerprint density at radius 3 is 2.37 bits per heavy atom. The average Bonchev–Trinajstić information content (AvgIpc) is 2.92. The number of methoxy groups -OCH3 is 1. The molecule has 2 heterocycles. The lowest BCUT2D eigenvalue weighted by atomic mass is 9.95. The number of aromatic nitrogens is 1. The van der Waals surface area contributed by atoms with Gasteiger partial charge in [0.1, 0.15) is 16.3 Å². The second-order valence-electron chi connectivity index (χ2n) is 9.19. The van der Waals surface area contributed by atoms with Crippen molar-refractivity contribution < 1.29 is 32.3 Å². The predicted molar refractivity (Wildman–Crippen MR) is 138 cm³/mol. The predicted octanol–water partition coefficient (Wildman–Crippen LogP) is 4.87. The van der Waals surface area contributed by atoms with E-state index in [1.807, 2.05) is 12.1 Å². The largest absolute Gasteiger partial charge is 0.490 e. The molecule has 9 nitrogen and oxygen atoms in total. The van der Waals surface area contributed by atoms with Gasteiger partial charge in [-0.2, -0.15) is 13.2 Å². The zero-order valence-corrected chi connectivity index (χ0v) is 21.7. The number of nitro benzene ring substituents is 1. The third kappa shape index (κ3) is 7.01. The van der Waals surface area contributed by atoms with Crippen LogP contribution in [-0.2, 0) is 10.9 Å². The molecule has 2 aromatic rings. The van der Waals surface area contributed by atoms with E-state index in [0.29, 0.717) is 44.2 Å². The normalized spacial score (nSPS) is 20.2. The van der Waals surface area contributed by atoms with E-state index in [4.69, 9.17) is 26.4 Å². The lowest BCUT2D eigenvalue weighted by molar-refractivity contribution is -0.388. The summed E-state index contributed by atoms with van der Waals surface area (Å²) in [6, 6.07) is 6.57. The van der Waals surface area contributed by atoms with Crippen molar-refractivity contribution in [3.8, 4) is 11.6 Å². The first-order chi connectivity index (χ1) is 18.1. The maximum atomic E-state index is 13.2. The number of ether oxygens (including phenoxy) is 3. The molecule has 0 unspecified atom stereocenters. The topological polar surface area (TPSA) is 90.2 Å². The number of nitro groups is 1. The number of rotatable bonds is 8. The molecule has 1 aliphatic heterocycles. The van der Waals surface area contributed by atoms with Crippen LogP contribution >= 0.6 is 12.2 Å². The lowest BCUT2D eigenvalue weighted by Gasteiger charge is -2.37. The molecule has 1 aliphatic carbocycles. The highest BCUT2D eigenvalue weighted by Crippen LogP contribution is 2.39. The molecule has 206 valence electrons. The van der Waals surface area contributed by atoms with E-state index in [1.165, 1.54) is 6.07 Å². The molecular formula is C25H29F3N4O5S. The van der Waals surface area contributed by atoms with E-state index in [0.717, 1.165) is 42.9 Å². The van der Waals surface area contributed by atoms with Crippen LogP contribution in [0.25, 0.3) is 0 Å². The fourth-order valence-corrected chi connectivity index (χ4v) is 4.91. The van der Waals surface area contributed by atoms with Gasteiger partial charge in [0, 0.05) is 38.3 Å². The van der Waals surface area contributed by atoms with Crippen LogP contribution in [0.4, 0.5) is 24.5 Å². The fourth-order valence-electron chi connectivity index (χ4n) is 4.66. The number of pyridine rings is 1. The molecule has 0 N–H and O–H groups in total. The number of piperazine rings is 1. The van der Waals surface area contributed by atoms with Gasteiger partial charge in [-0.05, 0) is 43.9 Å². The highest BCUT2D eigenvalue weighted by Gasteiger charge is 2.39. The van der Waals surface area contributed by atoms with Gasteiger partial charge in [0.25, 0.3) is 5.69 Å². The molecule has 1 aromatic heterocycles. The standard InChI is InChI=1S/C25H29F3N4O5S/c1-35-23-9-2-17(15-29-23)30-10-12-31(13-11-30)24(38)16-36-18-3-5-19(6-4-18)37-20-7-8-22(32(33)34)21(14-20)25(26,27)28/h2,7-9,14-15,18-19H,3-6,10-13,16H2,1H3. The molecule has 0 spiro atoms. The van der Waals surface area contributed by atoms with Crippen LogP contribution in [-0.4, -0.2) is 71.9 Å². The molecule has 1 aromatic carbocycles. The van der Waals surface area contributed by atoms with Crippen molar-refractivity contribution in [2.24, 2.45) is 0 Å². The van der Waals surface area contributed by atoms with Crippen LogP contribution in [0, 0.1) is 10.1 Å². The zero-order valence-electron chi connectivity index (χ0n) is 20.9. The van der Waals surface area contributed by atoms with Crippen molar-refractivity contribution in [1.82, 2.24) is 9.88 Å². The van der Waals surface area contributed by atoms with Crippen molar-refractivity contribution >= 4 is 28.6 Å². The molecule has 13 heteroatoms. The van der Waals surface area contributed by atoms with Gasteiger partial charge >= 0.3 is 6.18 Å². The van der Waals surface area contributed by atoms with Gasteiger partial charge < -0.3 is 24.0 Å². The van der Waals surface area contributed by atoms with Gasteiger partial charge in [-0.25, -0.2) is 4.98 Å². The number of anilines is 1. The van der Waals surface area contributed by atoms with E-state index in [2.05, 4.69) is 14.8 Å². The summed E-state index contributed by atoms with van der Waals surface area (Å²) in [4.78, 5) is 19.3. The molecule has 2 aliphatic rings. The van der Waals surface area contributed by atoms with E-state index in [9.17, 15) is 23.3 Å². The third-order valence-corrected chi connectivity index (χ3v) is 7.14. The molecule has 0 radical (unpaired) electrons. The molecular weight excluding hydrogens is 525 g/mol. The van der Waals surface area contributed by atoms with Gasteiger partial charge in [-0.15, -0.1) is 0 Å². The first kappa shape index (κ1) is 27.8. The summed E-state index contributed by atoms with van der Waals surface area (Å²) < 4.78 is 56.6. The summed E-state index contributed by atoms with van der Waals surface area (Å²) in [6.45, 7) is 3.53. The third-order valence-electron chi connectivity index (χ3n) is 6.76. The first-order valence-corrected chi connectivity index (χ1v) is 12.7. The van der Waals surface area contributed by atoms with Crippen LogP contribution < -0.4 is 14.4 Å². The van der Waals surface area contributed by atoms with Crippen LogP contribution in [0.3, 0.4) is 0 Å². The smallest absolute Gasteiger partial charge is 0.423 e. The van der Waals surface area contributed by atoms with Gasteiger partial charge in [0.15, 0.2) is 0 Å². The van der Waals surface area contributed by atoms with Crippen LogP contribution in [0.2, 0.25) is 0 Å². The minimum Gasteiger partial charge on any atom is -0.490 e. The monoisotopic (exact) mass is 554 g/mol. The Morgan fingerprint density at radius 1 is 1.11 bits per heavy atom. The molecule has 4 rings (SSSR count). The summed E-state index contributed by atoms with van der Waals surface area (Å²) >= 11 is 5.60. The maximum Gasteiger partial charge on any atom is 0.423 e. The fraction of sp³-hybridized carbons (Fsp3) is 0.520. The van der Waals surface area contributed by atoms with E-state index < -0.39 is 22.4 Å². The molecule has 0 amide bonds. The molecule has 38 heavy (non-hydrogen) atoms. The summed E-state index contributed by atoms with van der Waals surface area (Å²) in [5, 5.41) is 10.9. The van der Waals surface area contributed by atoms with Crippen molar-refractivity contribution in [3.05, 3.63) is 52.2 Å². The first-order valence-electron chi connectivity index (χ1n) is 12.3. The lowest BCUT2D eigenvalue weighted by Crippen LogP contribution is -2.49. The van der Waals surface area contributed by atoms with E-state index in [1.54, 1.807) is 13.3 Å². The number of halogens is 3. The average molecular weight is 555 g/mol. The second kappa shape index (κ2) is 12.1. The maximum absolute atomic E-state index is 13.2. The zero-order chi connectivity index (χ0) is 27.3. The second-order valence-corrected chi connectivity index (χ2v) is 9.66. The Labute approximate surface area is 223 Å². The summed E-state index contributed by atoms with van der Waals surface area (Å²) in [5.41, 5.74) is -1.26. The van der Waals surface area contributed by atoms with E-state index >= 15 is 0 Å². The van der Waals surface area contributed by atoms with Crippen LogP contribution in [0.5, 0.6) is 11.6 Å². The Bertz CT molecular complexity index is 1120. The number of benzene rings is 1. The summed E-state index contributed by atoms with van der Waals surface area (Å²) in [6.07, 6.45) is -0.769. The number of thiocarbonyl (C=S) groups is 1. The number of nitrogens with zero attached hydrogens (tertiary/aromatic N) is 4. The SMILES string of the molecule is COc1ccc(N2CCN(C(=S)COC3CCC(Oc4ccc([N+](=O)[O-])c(C(F)(F)F)c4)CC3)CC2)cn1. The van der Waals surface area contributed by atoms with Crippen molar-refractivity contribution in [2.45, 2.75) is 44.1 Å².